The Balaban J connectivity index is 2.35. The molecule has 92 valence electrons. The first-order valence-electron chi connectivity index (χ1n) is 5.73. The molecule has 2 aromatic heterocycles. The lowest BCUT2D eigenvalue weighted by Crippen LogP contribution is -2.12. The van der Waals surface area contributed by atoms with Gasteiger partial charge in [-0.25, -0.2) is 8.79 Å². The van der Waals surface area contributed by atoms with Gasteiger partial charge in [0, 0.05) is 6.07 Å². The van der Waals surface area contributed by atoms with E-state index in [1.165, 1.54) is 22.6 Å². The van der Waals surface area contributed by atoms with Crippen LogP contribution in [0.4, 0.5) is 4.39 Å². The highest BCUT2D eigenvalue weighted by molar-refractivity contribution is 5.83. The van der Waals surface area contributed by atoms with Gasteiger partial charge >= 0.3 is 5.84 Å². The van der Waals surface area contributed by atoms with Crippen LogP contribution in [0.25, 0.3) is 27.8 Å². The number of hydrogen-bond acceptors (Lipinski definition) is 3. The summed E-state index contributed by atoms with van der Waals surface area (Å²) in [5.74, 6) is -0.244. The molecule has 19 heavy (non-hydrogen) atoms. The Morgan fingerprint density at radius 1 is 1.16 bits per heavy atom. The van der Waals surface area contributed by atoms with Crippen LogP contribution in [0.2, 0.25) is 0 Å². The van der Waals surface area contributed by atoms with Crippen LogP contribution in [0.3, 0.4) is 0 Å². The van der Waals surface area contributed by atoms with Crippen molar-refractivity contribution in [1.82, 2.24) is 9.38 Å². The van der Waals surface area contributed by atoms with Crippen LogP contribution < -0.4 is 5.56 Å². The van der Waals surface area contributed by atoms with E-state index in [1.807, 2.05) is 0 Å². The number of nitrogens with zero attached hydrogens (tertiary/aromatic N) is 2. The molecule has 4 rings (SSSR count). The Morgan fingerprint density at radius 3 is 2.89 bits per heavy atom. The van der Waals surface area contributed by atoms with Crippen LogP contribution in [0.1, 0.15) is 0 Å². The highest BCUT2D eigenvalue weighted by Crippen LogP contribution is 2.19. The molecule has 0 N–H and O–H groups in total. The first-order valence-corrected chi connectivity index (χ1v) is 5.73. The number of rotatable bonds is 0. The van der Waals surface area contributed by atoms with Gasteiger partial charge in [0.25, 0.3) is 5.56 Å². The number of hydrogen-bond donors (Lipinski definition) is 0. The molecule has 0 spiro atoms. The van der Waals surface area contributed by atoms with Crippen molar-refractivity contribution in [3.63, 3.8) is 0 Å². The lowest BCUT2D eigenvalue weighted by atomic mass is 10.2. The van der Waals surface area contributed by atoms with Gasteiger partial charge in [0.05, 0.1) is 16.4 Å². The predicted molar refractivity (Wildman–Crippen MR) is 68.7 cm³/mol. The number of para-hydroxylation sites is 1. The third-order valence-electron chi connectivity index (χ3n) is 3.11. The third-order valence-corrected chi connectivity index (χ3v) is 3.11. The van der Waals surface area contributed by atoms with E-state index < -0.39 is 5.82 Å². The van der Waals surface area contributed by atoms with Gasteiger partial charge in [-0.05, 0) is 24.3 Å². The third kappa shape index (κ3) is 1.32. The van der Waals surface area contributed by atoms with E-state index in [4.69, 9.17) is 4.42 Å². The fourth-order valence-electron chi connectivity index (χ4n) is 2.24. The van der Waals surface area contributed by atoms with Crippen molar-refractivity contribution in [2.75, 3.05) is 0 Å². The fraction of sp³-hybridized carbons (Fsp3) is 0. The Hall–Kier alpha value is -2.69. The monoisotopic (exact) mass is 254 g/mol. The predicted octanol–water partition coefficient (Wildman–Crippen LogP) is 2.73. The van der Waals surface area contributed by atoms with Gasteiger partial charge in [-0.2, -0.15) is 4.98 Å². The first kappa shape index (κ1) is 10.3. The summed E-state index contributed by atoms with van der Waals surface area (Å²) in [6, 6.07) is 11.0. The average molecular weight is 254 g/mol. The van der Waals surface area contributed by atoms with Crippen molar-refractivity contribution in [2.24, 2.45) is 0 Å². The van der Waals surface area contributed by atoms with E-state index in [2.05, 4.69) is 4.98 Å². The molecular weight excluding hydrogens is 247 g/mol. The summed E-state index contributed by atoms with van der Waals surface area (Å²) in [6.45, 7) is 0. The highest BCUT2D eigenvalue weighted by atomic mass is 19.1. The zero-order valence-corrected chi connectivity index (χ0v) is 9.63. The Labute approximate surface area is 105 Å². The highest BCUT2D eigenvalue weighted by Gasteiger charge is 2.12. The minimum atomic E-state index is -0.415. The molecule has 0 saturated heterocycles. The Kier molecular flexibility index (Phi) is 1.84. The number of aromatic nitrogens is 2. The van der Waals surface area contributed by atoms with Crippen molar-refractivity contribution in [2.45, 2.75) is 0 Å². The molecule has 4 nitrogen and oxygen atoms in total. The largest absolute Gasteiger partial charge is 0.424 e. The minimum Gasteiger partial charge on any atom is -0.424 e. The summed E-state index contributed by atoms with van der Waals surface area (Å²) in [5, 5.41) is 0.443. The van der Waals surface area contributed by atoms with Crippen molar-refractivity contribution in [3.05, 3.63) is 58.6 Å². The quantitative estimate of drug-likeness (QED) is 0.484. The normalized spacial score (nSPS) is 11.6. The second-order valence-electron chi connectivity index (χ2n) is 4.27. The first-order chi connectivity index (χ1) is 9.24. The number of halogens is 1. The van der Waals surface area contributed by atoms with E-state index >= 15 is 0 Å². The van der Waals surface area contributed by atoms with E-state index in [9.17, 15) is 9.18 Å². The summed E-state index contributed by atoms with van der Waals surface area (Å²) in [5.41, 5.74) is 1.15. The SMILES string of the molecule is O=c1c2ccccc2oc2nc3ccc(F)cc3n12. The van der Waals surface area contributed by atoms with Crippen LogP contribution in [0.15, 0.2) is 51.7 Å². The molecule has 0 saturated carbocycles. The molecule has 0 radical (unpaired) electrons. The molecule has 0 aliphatic carbocycles. The maximum absolute atomic E-state index is 13.3. The van der Waals surface area contributed by atoms with Crippen LogP contribution in [0.5, 0.6) is 0 Å². The Morgan fingerprint density at radius 2 is 2.00 bits per heavy atom. The van der Waals surface area contributed by atoms with Gasteiger partial charge in [-0.3, -0.25) is 4.79 Å². The summed E-state index contributed by atoms with van der Waals surface area (Å²) >= 11 is 0. The van der Waals surface area contributed by atoms with Gasteiger partial charge in [0.15, 0.2) is 0 Å². The number of imidazole rings is 1. The summed E-state index contributed by atoms with van der Waals surface area (Å²) in [4.78, 5) is 16.6. The van der Waals surface area contributed by atoms with Crippen molar-refractivity contribution >= 4 is 27.8 Å². The lowest BCUT2D eigenvalue weighted by Gasteiger charge is -1.98. The molecule has 0 fully saturated rings. The summed E-state index contributed by atoms with van der Waals surface area (Å²) < 4.78 is 20.2. The molecule has 0 unspecified atom stereocenters. The summed E-state index contributed by atoms with van der Waals surface area (Å²) in [7, 11) is 0. The van der Waals surface area contributed by atoms with Crippen molar-refractivity contribution < 1.29 is 8.81 Å². The van der Waals surface area contributed by atoms with E-state index in [0.717, 1.165) is 0 Å². The average Bonchev–Trinajstić information content (AvgIpc) is 2.76. The minimum absolute atomic E-state index is 0.171. The summed E-state index contributed by atoms with van der Waals surface area (Å²) in [6.07, 6.45) is 0. The molecule has 2 heterocycles. The standard InChI is InChI=1S/C14H7FN2O2/c15-8-5-6-10-11(7-8)17-13(18)9-3-1-2-4-12(9)19-14(17)16-10/h1-7H. The molecule has 0 atom stereocenters. The van der Waals surface area contributed by atoms with Crippen LogP contribution >= 0.6 is 0 Å². The zero-order valence-electron chi connectivity index (χ0n) is 9.63. The molecular formula is C14H7FN2O2. The van der Waals surface area contributed by atoms with Crippen LogP contribution in [-0.4, -0.2) is 9.38 Å². The van der Waals surface area contributed by atoms with Crippen LogP contribution in [0, 0.1) is 5.82 Å². The zero-order chi connectivity index (χ0) is 13.0. The smallest absolute Gasteiger partial charge is 0.310 e. The Bertz CT molecular complexity index is 1000. The van der Waals surface area contributed by atoms with Gasteiger partial charge in [-0.1, -0.05) is 12.1 Å². The van der Waals surface area contributed by atoms with Gasteiger partial charge in [0.1, 0.15) is 11.4 Å². The van der Waals surface area contributed by atoms with Crippen molar-refractivity contribution in [1.29, 1.82) is 0 Å². The molecule has 0 aliphatic heterocycles. The van der Waals surface area contributed by atoms with Crippen LogP contribution in [-0.2, 0) is 0 Å². The maximum Gasteiger partial charge on any atom is 0.310 e. The lowest BCUT2D eigenvalue weighted by molar-refractivity contribution is 0.616. The molecule has 0 bridgehead atoms. The van der Waals surface area contributed by atoms with Gasteiger partial charge < -0.3 is 4.42 Å². The molecule has 0 aliphatic rings. The van der Waals surface area contributed by atoms with E-state index in [1.54, 1.807) is 24.3 Å². The molecule has 2 aromatic carbocycles. The molecule has 0 amide bonds. The number of fused-ring (bicyclic) bond motifs is 4. The second-order valence-corrected chi connectivity index (χ2v) is 4.27. The van der Waals surface area contributed by atoms with Gasteiger partial charge in [-0.15, -0.1) is 0 Å². The fourth-order valence-corrected chi connectivity index (χ4v) is 2.24. The topological polar surface area (TPSA) is 47.5 Å². The van der Waals surface area contributed by atoms with Crippen molar-refractivity contribution in [3.8, 4) is 0 Å². The maximum atomic E-state index is 13.3. The molecule has 4 aromatic rings. The molecule has 5 heteroatoms. The van der Waals surface area contributed by atoms with E-state index in [-0.39, 0.29) is 11.4 Å². The van der Waals surface area contributed by atoms with Gasteiger partial charge in [0.2, 0.25) is 0 Å². The second kappa shape index (κ2) is 3.41. The number of benzene rings is 2. The van der Waals surface area contributed by atoms with E-state index in [0.29, 0.717) is 22.0 Å².